The molecule has 1 unspecified atom stereocenters. The van der Waals surface area contributed by atoms with Crippen molar-refractivity contribution in [2.75, 3.05) is 39.2 Å². The van der Waals surface area contributed by atoms with Crippen molar-refractivity contribution in [3.8, 4) is 5.75 Å². The Morgan fingerprint density at radius 1 is 1.38 bits per heavy atom. The van der Waals surface area contributed by atoms with E-state index in [-0.39, 0.29) is 33.3 Å². The summed E-state index contributed by atoms with van der Waals surface area (Å²) in [6.45, 7) is 5.51. The number of carboxylic acid groups (broad SMARTS) is 1. The number of aromatic nitrogens is 1. The van der Waals surface area contributed by atoms with Crippen LogP contribution in [0.2, 0.25) is 0 Å². The van der Waals surface area contributed by atoms with Crippen LogP contribution in [-0.2, 0) is 5.54 Å². The van der Waals surface area contributed by atoms with Gasteiger partial charge in [0.05, 0.1) is 18.0 Å². The first-order valence-corrected chi connectivity index (χ1v) is 10.8. The molecule has 0 radical (unpaired) electrons. The number of hydrogen-bond acceptors (Lipinski definition) is 6. The number of carboxylic acids is 1. The average Bonchev–Trinajstić information content (AvgIpc) is 3.44. The number of nitrogens with two attached hydrogens (primary N) is 1. The second-order valence-corrected chi connectivity index (χ2v) is 9.99. The van der Waals surface area contributed by atoms with Crippen LogP contribution in [0.15, 0.2) is 11.0 Å². The van der Waals surface area contributed by atoms with Gasteiger partial charge in [0.25, 0.3) is 0 Å². The first-order valence-electron chi connectivity index (χ1n) is 10.8. The molecule has 1 aromatic heterocycles. The van der Waals surface area contributed by atoms with Crippen molar-refractivity contribution < 1.29 is 19.0 Å². The van der Waals surface area contributed by atoms with Crippen LogP contribution in [0.3, 0.4) is 0 Å². The van der Waals surface area contributed by atoms with Gasteiger partial charge in [0.1, 0.15) is 11.3 Å². The van der Waals surface area contributed by atoms with Gasteiger partial charge in [-0.25, -0.2) is 9.18 Å². The van der Waals surface area contributed by atoms with E-state index < -0.39 is 28.3 Å². The number of H-pyrrole nitrogens is 1. The molecule has 8 nitrogen and oxygen atoms in total. The molecule has 2 fully saturated rings. The molecule has 1 aliphatic heterocycles. The van der Waals surface area contributed by atoms with Crippen LogP contribution >= 0.6 is 0 Å². The summed E-state index contributed by atoms with van der Waals surface area (Å²) in [5.74, 6) is -1.78. The van der Waals surface area contributed by atoms with Crippen LogP contribution in [0.1, 0.15) is 49.0 Å². The lowest BCUT2D eigenvalue weighted by Gasteiger charge is -2.48. The van der Waals surface area contributed by atoms with Crippen LogP contribution in [0.4, 0.5) is 10.1 Å². The van der Waals surface area contributed by atoms with Crippen molar-refractivity contribution in [1.29, 1.82) is 0 Å². The Morgan fingerprint density at radius 3 is 2.53 bits per heavy atom. The van der Waals surface area contributed by atoms with Crippen molar-refractivity contribution >= 4 is 22.6 Å². The summed E-state index contributed by atoms with van der Waals surface area (Å²) in [6, 6.07) is 0.329. The molecular weight excluding hydrogens is 415 g/mol. The molecule has 2 aromatic rings. The van der Waals surface area contributed by atoms with Crippen molar-refractivity contribution in [3.05, 3.63) is 33.4 Å². The molecule has 0 amide bonds. The Bertz CT molecular complexity index is 1150. The summed E-state index contributed by atoms with van der Waals surface area (Å²) >= 11 is 0. The molecule has 4 N–H and O–H groups in total. The molecule has 0 bridgehead atoms. The third-order valence-electron chi connectivity index (χ3n) is 7.04. The average molecular weight is 447 g/mol. The minimum atomic E-state index is -1.38. The highest BCUT2D eigenvalue weighted by Gasteiger charge is 2.47. The van der Waals surface area contributed by atoms with E-state index in [1.54, 1.807) is 0 Å². The van der Waals surface area contributed by atoms with Gasteiger partial charge in [0.2, 0.25) is 5.43 Å². The number of ether oxygens (including phenoxy) is 1. The number of halogens is 1. The fourth-order valence-corrected chi connectivity index (χ4v) is 5.38. The number of piperidine rings is 1. The number of pyridine rings is 1. The Kier molecular flexibility index (Phi) is 5.25. The molecule has 1 aromatic carbocycles. The third-order valence-corrected chi connectivity index (χ3v) is 7.04. The number of nitrogens with zero attached hydrogens (tertiary/aromatic N) is 2. The Labute approximate surface area is 186 Å². The maximum atomic E-state index is 16.3. The summed E-state index contributed by atoms with van der Waals surface area (Å²) in [4.78, 5) is 31.7. The zero-order chi connectivity index (χ0) is 23.6. The maximum absolute atomic E-state index is 16.3. The number of methoxy groups -OCH3 is 1. The number of nitrogens with one attached hydrogen (secondary N) is 1. The summed E-state index contributed by atoms with van der Waals surface area (Å²) in [7, 11) is 5.52. The molecule has 1 saturated carbocycles. The van der Waals surface area contributed by atoms with Gasteiger partial charge in [-0.05, 0) is 38.8 Å². The van der Waals surface area contributed by atoms with Gasteiger partial charge in [0, 0.05) is 36.4 Å². The van der Waals surface area contributed by atoms with Crippen molar-refractivity contribution in [2.24, 2.45) is 11.1 Å². The van der Waals surface area contributed by atoms with Crippen molar-refractivity contribution in [3.63, 3.8) is 0 Å². The van der Waals surface area contributed by atoms with Crippen LogP contribution in [0, 0.1) is 11.2 Å². The smallest absolute Gasteiger partial charge is 0.341 e. The molecule has 1 aliphatic carbocycles. The van der Waals surface area contributed by atoms with Gasteiger partial charge in [-0.1, -0.05) is 13.8 Å². The summed E-state index contributed by atoms with van der Waals surface area (Å²) < 4.78 is 21.9. The largest absolute Gasteiger partial charge is 0.492 e. The molecule has 2 aliphatic rings. The summed E-state index contributed by atoms with van der Waals surface area (Å²) in [5.41, 5.74) is 4.73. The zero-order valence-electron chi connectivity index (χ0n) is 19.2. The molecule has 4 rings (SSSR count). The molecule has 174 valence electrons. The van der Waals surface area contributed by atoms with Crippen LogP contribution in [0.25, 0.3) is 10.9 Å². The van der Waals surface area contributed by atoms with E-state index in [9.17, 15) is 14.7 Å². The lowest BCUT2D eigenvalue weighted by molar-refractivity contribution is 0.0695. The minimum absolute atomic E-state index is 0.0366. The van der Waals surface area contributed by atoms with Gasteiger partial charge in [-0.3, -0.25) is 4.79 Å². The predicted octanol–water partition coefficient (Wildman–Crippen LogP) is 2.49. The predicted molar refractivity (Wildman–Crippen MR) is 121 cm³/mol. The number of rotatable bonds is 5. The Balaban J connectivity index is 1.99. The Hall–Kier alpha value is -2.65. The lowest BCUT2D eigenvalue weighted by atomic mass is 9.78. The first kappa shape index (κ1) is 22.5. The van der Waals surface area contributed by atoms with E-state index in [0.29, 0.717) is 32.0 Å². The van der Waals surface area contributed by atoms with E-state index in [0.717, 1.165) is 12.6 Å². The minimum Gasteiger partial charge on any atom is -0.492 e. The standard InChI is InChI=1S/C23H31FN4O4/c1-22(2)11-28(9-6-13(22)27(3)4)18-16(24)15(23(25)7-8-23)14-17(20(18)32-5)26-10-12(19(14)29)21(30)31/h10,13H,6-9,11,25H2,1-5H3,(H,26,29)(H,30,31). The second-order valence-electron chi connectivity index (χ2n) is 9.99. The molecule has 32 heavy (non-hydrogen) atoms. The lowest BCUT2D eigenvalue weighted by Crippen LogP contribution is -2.54. The molecule has 9 heteroatoms. The highest BCUT2D eigenvalue weighted by atomic mass is 19.1. The van der Waals surface area contributed by atoms with Gasteiger partial charge in [0.15, 0.2) is 11.6 Å². The highest BCUT2D eigenvalue weighted by Crippen LogP contribution is 2.51. The van der Waals surface area contributed by atoms with Crippen LogP contribution in [-0.4, -0.2) is 61.3 Å². The van der Waals surface area contributed by atoms with E-state index in [2.05, 4.69) is 23.7 Å². The van der Waals surface area contributed by atoms with Crippen molar-refractivity contribution in [2.45, 2.75) is 44.7 Å². The SMILES string of the molecule is COc1c(N2CCC(N(C)C)C(C)(C)C2)c(F)c(C2(N)CC2)c2c(=O)c(C(=O)O)c[nH]c12. The van der Waals surface area contributed by atoms with Crippen LogP contribution in [0.5, 0.6) is 5.75 Å². The Morgan fingerprint density at radius 2 is 2.03 bits per heavy atom. The number of aromatic amines is 1. The number of anilines is 1. The number of fused-ring (bicyclic) bond motifs is 1. The van der Waals surface area contributed by atoms with Gasteiger partial charge >= 0.3 is 5.97 Å². The number of carbonyl (C=O) groups is 1. The molecule has 2 heterocycles. The van der Waals surface area contributed by atoms with Crippen molar-refractivity contribution in [1.82, 2.24) is 9.88 Å². The van der Waals surface area contributed by atoms with E-state index in [1.165, 1.54) is 7.11 Å². The summed E-state index contributed by atoms with van der Waals surface area (Å²) in [6.07, 6.45) is 3.02. The molecule has 1 saturated heterocycles. The van der Waals surface area contributed by atoms with Crippen LogP contribution < -0.4 is 20.8 Å². The van der Waals surface area contributed by atoms with E-state index in [1.807, 2.05) is 19.0 Å². The van der Waals surface area contributed by atoms with E-state index >= 15 is 4.39 Å². The van der Waals surface area contributed by atoms with Gasteiger partial charge in [-0.2, -0.15) is 0 Å². The molecular formula is C23H31FN4O4. The fourth-order valence-electron chi connectivity index (χ4n) is 5.38. The highest BCUT2D eigenvalue weighted by molar-refractivity contribution is 5.99. The second kappa shape index (κ2) is 7.45. The summed E-state index contributed by atoms with van der Waals surface area (Å²) in [5, 5.41) is 9.39. The van der Waals surface area contributed by atoms with Gasteiger partial charge < -0.3 is 30.4 Å². The number of aromatic carboxylic acids is 1. The zero-order valence-corrected chi connectivity index (χ0v) is 19.2. The number of hydrogen-bond donors (Lipinski definition) is 3. The maximum Gasteiger partial charge on any atom is 0.341 e. The van der Waals surface area contributed by atoms with E-state index in [4.69, 9.17) is 10.5 Å². The topological polar surface area (TPSA) is 112 Å². The third kappa shape index (κ3) is 3.34. The fraction of sp³-hybridized carbons (Fsp3) is 0.565. The quantitative estimate of drug-likeness (QED) is 0.647. The normalized spacial score (nSPS) is 21.8. The molecule has 0 spiro atoms. The monoisotopic (exact) mass is 446 g/mol. The van der Waals surface area contributed by atoms with Gasteiger partial charge in [-0.15, -0.1) is 0 Å². The molecule has 1 atom stereocenters. The number of benzene rings is 1. The first-order chi connectivity index (χ1) is 14.9.